The van der Waals surface area contributed by atoms with E-state index in [-0.39, 0.29) is 24.9 Å². The molecule has 2 amide bonds. The second kappa shape index (κ2) is 14.5. The number of nitrogens with zero attached hydrogens (tertiary/aromatic N) is 2. The molecule has 0 bridgehead atoms. The Balaban J connectivity index is 2.10. The molecule has 214 valence electrons. The lowest BCUT2D eigenvalue weighted by Gasteiger charge is -2.34. The minimum Gasteiger partial charge on any atom is -0.352 e. The summed E-state index contributed by atoms with van der Waals surface area (Å²) in [4.78, 5) is 29.2. The molecule has 0 aliphatic heterocycles. The van der Waals surface area contributed by atoms with Crippen LogP contribution in [0.1, 0.15) is 31.4 Å². The van der Waals surface area contributed by atoms with E-state index in [1.165, 1.54) is 4.90 Å². The molecule has 3 aromatic carbocycles. The molecular formula is C29H32Cl2IN3O4S. The highest BCUT2D eigenvalue weighted by Gasteiger charge is 2.34. The number of sulfonamides is 1. The number of amides is 2. The van der Waals surface area contributed by atoms with Crippen molar-refractivity contribution in [2.45, 2.75) is 45.3 Å². The third kappa shape index (κ3) is 8.83. The van der Waals surface area contributed by atoms with Crippen molar-refractivity contribution in [3.05, 3.63) is 97.5 Å². The second-order valence-electron chi connectivity index (χ2n) is 9.49. The monoisotopic (exact) mass is 715 g/mol. The van der Waals surface area contributed by atoms with Crippen molar-refractivity contribution in [2.24, 2.45) is 0 Å². The predicted octanol–water partition coefficient (Wildman–Crippen LogP) is 5.92. The summed E-state index contributed by atoms with van der Waals surface area (Å²) in [6, 6.07) is 20.1. The molecule has 11 heteroatoms. The maximum absolute atomic E-state index is 14.1. The van der Waals surface area contributed by atoms with E-state index in [9.17, 15) is 18.0 Å². The quantitative estimate of drug-likeness (QED) is 0.236. The molecule has 0 aliphatic carbocycles. The summed E-state index contributed by atoms with van der Waals surface area (Å²) in [5.41, 5.74) is 1.65. The van der Waals surface area contributed by atoms with E-state index in [2.05, 4.69) is 27.9 Å². The lowest BCUT2D eigenvalue weighted by Crippen LogP contribution is -2.54. The van der Waals surface area contributed by atoms with Crippen LogP contribution in [0, 0.1) is 3.57 Å². The standard InChI is InChI=1S/C29H32Cl2IN3O4S/c1-4-20(2)33-29(37)27(17-21-9-6-5-7-10-21)34(18-24-25(30)11-8-12-26(24)31)28(36)19-35(40(3,38)39)23-15-13-22(32)14-16-23/h5-16,20,27H,4,17-19H2,1-3H3,(H,33,37)/t20-,27+/m1/s1. The summed E-state index contributed by atoms with van der Waals surface area (Å²) < 4.78 is 27.7. The summed E-state index contributed by atoms with van der Waals surface area (Å²) >= 11 is 15.1. The number of benzene rings is 3. The minimum absolute atomic E-state index is 0.0902. The maximum Gasteiger partial charge on any atom is 0.244 e. The van der Waals surface area contributed by atoms with E-state index in [1.54, 1.807) is 42.5 Å². The third-order valence-electron chi connectivity index (χ3n) is 6.46. The molecule has 0 heterocycles. The van der Waals surface area contributed by atoms with Gasteiger partial charge in [0.1, 0.15) is 12.6 Å². The molecule has 3 rings (SSSR count). The third-order valence-corrected chi connectivity index (χ3v) is 9.02. The van der Waals surface area contributed by atoms with Crippen LogP contribution in [-0.4, -0.2) is 50.0 Å². The number of carbonyl (C=O) groups excluding carboxylic acids is 2. The number of hydrogen-bond donors (Lipinski definition) is 1. The van der Waals surface area contributed by atoms with Crippen molar-refractivity contribution in [1.82, 2.24) is 10.2 Å². The van der Waals surface area contributed by atoms with E-state index in [1.807, 2.05) is 44.2 Å². The molecule has 0 radical (unpaired) electrons. The van der Waals surface area contributed by atoms with Crippen molar-refractivity contribution in [2.75, 3.05) is 17.1 Å². The Morgan fingerprint density at radius 2 is 1.55 bits per heavy atom. The molecule has 7 nitrogen and oxygen atoms in total. The first-order chi connectivity index (χ1) is 18.9. The molecular weight excluding hydrogens is 684 g/mol. The van der Waals surface area contributed by atoms with Crippen LogP contribution in [0.5, 0.6) is 0 Å². The van der Waals surface area contributed by atoms with Gasteiger partial charge in [0.2, 0.25) is 21.8 Å². The Labute approximate surface area is 260 Å². The Kier molecular flexibility index (Phi) is 11.7. The van der Waals surface area contributed by atoms with Crippen LogP contribution in [0.4, 0.5) is 5.69 Å². The molecule has 0 aromatic heterocycles. The fourth-order valence-electron chi connectivity index (χ4n) is 4.07. The van der Waals surface area contributed by atoms with Crippen molar-refractivity contribution in [3.8, 4) is 0 Å². The summed E-state index contributed by atoms with van der Waals surface area (Å²) in [5, 5.41) is 3.66. The zero-order chi connectivity index (χ0) is 29.4. The van der Waals surface area contributed by atoms with Gasteiger partial charge in [-0.3, -0.25) is 13.9 Å². The summed E-state index contributed by atoms with van der Waals surface area (Å²) in [5.74, 6) is -0.921. The van der Waals surface area contributed by atoms with Gasteiger partial charge in [-0.05, 0) is 77.9 Å². The molecule has 0 aliphatic rings. The number of carbonyl (C=O) groups is 2. The van der Waals surface area contributed by atoms with Crippen molar-refractivity contribution >= 4 is 73.3 Å². The molecule has 40 heavy (non-hydrogen) atoms. The van der Waals surface area contributed by atoms with Gasteiger partial charge in [-0.15, -0.1) is 0 Å². The summed E-state index contributed by atoms with van der Waals surface area (Å²) in [6.07, 6.45) is 1.95. The maximum atomic E-state index is 14.1. The molecule has 3 aromatic rings. The van der Waals surface area contributed by atoms with E-state index < -0.39 is 28.5 Å². The van der Waals surface area contributed by atoms with Gasteiger partial charge in [-0.1, -0.05) is 66.5 Å². The van der Waals surface area contributed by atoms with Crippen LogP contribution in [0.25, 0.3) is 0 Å². The van der Waals surface area contributed by atoms with Gasteiger partial charge in [0, 0.05) is 38.2 Å². The van der Waals surface area contributed by atoms with Gasteiger partial charge in [0.05, 0.1) is 11.9 Å². The smallest absolute Gasteiger partial charge is 0.244 e. The molecule has 0 fully saturated rings. The highest BCUT2D eigenvalue weighted by molar-refractivity contribution is 14.1. The Morgan fingerprint density at radius 3 is 2.10 bits per heavy atom. The van der Waals surface area contributed by atoms with E-state index in [4.69, 9.17) is 23.2 Å². The first kappa shape index (κ1) is 32.2. The van der Waals surface area contributed by atoms with Gasteiger partial charge in [-0.25, -0.2) is 8.42 Å². The van der Waals surface area contributed by atoms with Crippen LogP contribution < -0.4 is 9.62 Å². The van der Waals surface area contributed by atoms with E-state index in [0.29, 0.717) is 27.7 Å². The van der Waals surface area contributed by atoms with Gasteiger partial charge in [-0.2, -0.15) is 0 Å². The van der Waals surface area contributed by atoms with Crippen LogP contribution in [0.3, 0.4) is 0 Å². The second-order valence-corrected chi connectivity index (χ2v) is 13.5. The summed E-state index contributed by atoms with van der Waals surface area (Å²) in [7, 11) is -3.85. The van der Waals surface area contributed by atoms with Crippen molar-refractivity contribution in [3.63, 3.8) is 0 Å². The fourth-order valence-corrected chi connectivity index (χ4v) is 5.80. The number of hydrogen-bond acceptors (Lipinski definition) is 4. The molecule has 0 saturated carbocycles. The van der Waals surface area contributed by atoms with Gasteiger partial charge in [0.15, 0.2) is 0 Å². The highest BCUT2D eigenvalue weighted by Crippen LogP contribution is 2.28. The van der Waals surface area contributed by atoms with Gasteiger partial charge in [0.25, 0.3) is 0 Å². The molecule has 2 atom stereocenters. The zero-order valence-electron chi connectivity index (χ0n) is 22.5. The molecule has 0 spiro atoms. The van der Waals surface area contributed by atoms with Crippen molar-refractivity contribution < 1.29 is 18.0 Å². The highest BCUT2D eigenvalue weighted by atomic mass is 127. The summed E-state index contributed by atoms with van der Waals surface area (Å²) in [6.45, 7) is 3.24. The van der Waals surface area contributed by atoms with Crippen LogP contribution >= 0.6 is 45.8 Å². The minimum atomic E-state index is -3.85. The molecule has 1 N–H and O–H groups in total. The number of nitrogens with one attached hydrogen (secondary N) is 1. The Morgan fingerprint density at radius 1 is 0.950 bits per heavy atom. The number of anilines is 1. The largest absolute Gasteiger partial charge is 0.352 e. The lowest BCUT2D eigenvalue weighted by atomic mass is 10.0. The topological polar surface area (TPSA) is 86.8 Å². The Bertz CT molecular complexity index is 1400. The van der Waals surface area contributed by atoms with E-state index >= 15 is 0 Å². The van der Waals surface area contributed by atoms with Crippen LogP contribution in [0.2, 0.25) is 10.0 Å². The average molecular weight is 716 g/mol. The SMILES string of the molecule is CC[C@@H](C)NC(=O)[C@H](Cc1ccccc1)N(Cc1c(Cl)cccc1Cl)C(=O)CN(c1ccc(I)cc1)S(C)(=O)=O. The fraction of sp³-hybridized carbons (Fsp3) is 0.310. The average Bonchev–Trinajstić information content (AvgIpc) is 2.91. The van der Waals surface area contributed by atoms with Gasteiger partial charge >= 0.3 is 0 Å². The van der Waals surface area contributed by atoms with Crippen LogP contribution in [0.15, 0.2) is 72.8 Å². The predicted molar refractivity (Wildman–Crippen MR) is 170 cm³/mol. The number of halogens is 3. The van der Waals surface area contributed by atoms with Crippen LogP contribution in [-0.2, 0) is 32.6 Å². The normalized spacial score (nSPS) is 12.8. The lowest BCUT2D eigenvalue weighted by molar-refractivity contribution is -0.140. The van der Waals surface area contributed by atoms with Crippen molar-refractivity contribution in [1.29, 1.82) is 0 Å². The molecule has 0 saturated heterocycles. The number of rotatable bonds is 12. The first-order valence-electron chi connectivity index (χ1n) is 12.7. The first-order valence-corrected chi connectivity index (χ1v) is 16.4. The Hall–Kier alpha value is -2.34. The van der Waals surface area contributed by atoms with Gasteiger partial charge < -0.3 is 10.2 Å². The zero-order valence-corrected chi connectivity index (χ0v) is 27.0. The van der Waals surface area contributed by atoms with E-state index in [0.717, 1.165) is 19.7 Å². The molecule has 0 unspecified atom stereocenters.